The summed E-state index contributed by atoms with van der Waals surface area (Å²) in [7, 11) is 0. The van der Waals surface area contributed by atoms with Gasteiger partial charge in [0.1, 0.15) is 0 Å². The maximum atomic E-state index is 12.3. The second-order valence-corrected chi connectivity index (χ2v) is 2.78. The van der Waals surface area contributed by atoms with E-state index >= 15 is 0 Å². The number of hydrogen-bond donors (Lipinski definition) is 0. The molecule has 0 spiro atoms. The second-order valence-electron chi connectivity index (χ2n) is 2.78. The molecule has 2 nitrogen and oxygen atoms in total. The van der Waals surface area contributed by atoms with Crippen LogP contribution in [0.2, 0.25) is 0 Å². The van der Waals surface area contributed by atoms with Crippen molar-refractivity contribution in [3.63, 3.8) is 0 Å². The maximum Gasteiger partial charge on any atom is 0.416 e. The summed E-state index contributed by atoms with van der Waals surface area (Å²) >= 11 is 0. The van der Waals surface area contributed by atoms with Crippen LogP contribution >= 0.6 is 0 Å². The standard InChI is InChI=1S/C11H4F3NO/c12-11(13,14)10-4-3-9(7-16)8(6-10)2-1-5-15/h3-4,6-7H. The number of nitrogens with zero attached hydrogens (tertiary/aromatic N) is 1. The molecule has 0 amide bonds. The van der Waals surface area contributed by atoms with E-state index in [2.05, 4.69) is 5.92 Å². The number of aldehydes is 1. The van der Waals surface area contributed by atoms with Crippen molar-refractivity contribution in [2.45, 2.75) is 6.18 Å². The predicted octanol–water partition coefficient (Wildman–Crippen LogP) is 2.39. The van der Waals surface area contributed by atoms with Gasteiger partial charge in [-0.15, -0.1) is 0 Å². The largest absolute Gasteiger partial charge is 0.416 e. The number of nitriles is 1. The zero-order valence-corrected chi connectivity index (χ0v) is 7.80. The summed E-state index contributed by atoms with van der Waals surface area (Å²) in [5.74, 6) is 4.13. The van der Waals surface area contributed by atoms with Gasteiger partial charge in [0.25, 0.3) is 0 Å². The highest BCUT2D eigenvalue weighted by Crippen LogP contribution is 2.30. The molecule has 0 atom stereocenters. The third-order valence-electron chi connectivity index (χ3n) is 1.76. The van der Waals surface area contributed by atoms with Crippen LogP contribution in [0.1, 0.15) is 21.5 Å². The number of benzene rings is 1. The van der Waals surface area contributed by atoms with Crippen molar-refractivity contribution in [2.24, 2.45) is 0 Å². The van der Waals surface area contributed by atoms with Crippen molar-refractivity contribution in [1.82, 2.24) is 0 Å². The highest BCUT2D eigenvalue weighted by atomic mass is 19.4. The van der Waals surface area contributed by atoms with E-state index < -0.39 is 11.7 Å². The first kappa shape index (κ1) is 11.8. The van der Waals surface area contributed by atoms with E-state index in [0.717, 1.165) is 18.2 Å². The molecule has 5 heteroatoms. The van der Waals surface area contributed by atoms with Crippen LogP contribution in [0.25, 0.3) is 0 Å². The normalized spacial score (nSPS) is 9.88. The van der Waals surface area contributed by atoms with Crippen LogP contribution in [0.4, 0.5) is 13.2 Å². The first-order valence-electron chi connectivity index (χ1n) is 4.05. The Hall–Kier alpha value is -2.27. The summed E-state index contributed by atoms with van der Waals surface area (Å²) in [4.78, 5) is 10.5. The van der Waals surface area contributed by atoms with E-state index in [9.17, 15) is 18.0 Å². The van der Waals surface area contributed by atoms with Crippen molar-refractivity contribution in [3.05, 3.63) is 34.9 Å². The van der Waals surface area contributed by atoms with Crippen LogP contribution in [0.5, 0.6) is 0 Å². The molecule has 0 fully saturated rings. The zero-order valence-electron chi connectivity index (χ0n) is 7.80. The lowest BCUT2D eigenvalue weighted by atomic mass is 10.0. The summed E-state index contributed by atoms with van der Waals surface area (Å²) in [6.45, 7) is 0. The smallest absolute Gasteiger partial charge is 0.298 e. The summed E-state index contributed by atoms with van der Waals surface area (Å²) in [6.07, 6.45) is -4.11. The van der Waals surface area contributed by atoms with E-state index in [1.807, 2.05) is 5.92 Å². The number of carbonyl (C=O) groups is 1. The van der Waals surface area contributed by atoms with Gasteiger partial charge in [0, 0.05) is 17.0 Å². The van der Waals surface area contributed by atoms with Gasteiger partial charge in [-0.3, -0.25) is 4.79 Å². The SMILES string of the molecule is N#CC#Cc1cc(C(F)(F)F)ccc1C=O. The molecular weight excluding hydrogens is 219 g/mol. The fourth-order valence-corrected chi connectivity index (χ4v) is 1.04. The van der Waals surface area contributed by atoms with Gasteiger partial charge in [-0.2, -0.15) is 18.4 Å². The second kappa shape index (κ2) is 4.50. The fourth-order valence-electron chi connectivity index (χ4n) is 1.04. The van der Waals surface area contributed by atoms with Gasteiger partial charge < -0.3 is 0 Å². The molecule has 0 saturated heterocycles. The van der Waals surface area contributed by atoms with Crippen LogP contribution in [-0.2, 0) is 6.18 Å². The summed E-state index contributed by atoms with van der Waals surface area (Å²) < 4.78 is 37.0. The van der Waals surface area contributed by atoms with Gasteiger partial charge >= 0.3 is 6.18 Å². The Morgan fingerprint density at radius 1 is 1.31 bits per heavy atom. The van der Waals surface area contributed by atoms with E-state index in [4.69, 9.17) is 5.26 Å². The van der Waals surface area contributed by atoms with E-state index in [1.54, 1.807) is 0 Å². The van der Waals surface area contributed by atoms with E-state index in [-0.39, 0.29) is 11.1 Å². The minimum atomic E-state index is -4.50. The number of carbonyl (C=O) groups excluding carboxylic acids is 1. The van der Waals surface area contributed by atoms with Crippen molar-refractivity contribution >= 4 is 6.29 Å². The molecule has 0 heterocycles. The third-order valence-corrected chi connectivity index (χ3v) is 1.76. The van der Waals surface area contributed by atoms with Crippen molar-refractivity contribution in [2.75, 3.05) is 0 Å². The lowest BCUT2D eigenvalue weighted by molar-refractivity contribution is -0.137. The minimum Gasteiger partial charge on any atom is -0.298 e. The number of hydrogen-bond acceptors (Lipinski definition) is 2. The van der Waals surface area contributed by atoms with Gasteiger partial charge in [0.05, 0.1) is 5.56 Å². The molecule has 0 bridgehead atoms. The topological polar surface area (TPSA) is 40.9 Å². The molecule has 0 aliphatic heterocycles. The van der Waals surface area contributed by atoms with Crippen molar-refractivity contribution in [3.8, 4) is 17.9 Å². The molecule has 1 aromatic rings. The molecule has 16 heavy (non-hydrogen) atoms. The Kier molecular flexibility index (Phi) is 3.32. The fraction of sp³-hybridized carbons (Fsp3) is 0.0909. The summed E-state index contributed by atoms with van der Waals surface area (Å²) in [6, 6.07) is 4.03. The molecule has 0 radical (unpaired) electrons. The van der Waals surface area contributed by atoms with Gasteiger partial charge in [-0.1, -0.05) is 0 Å². The first-order chi connectivity index (χ1) is 7.49. The van der Waals surface area contributed by atoms with Gasteiger partial charge in [0.15, 0.2) is 12.4 Å². The molecule has 0 unspecified atom stereocenters. The van der Waals surface area contributed by atoms with E-state index in [0.29, 0.717) is 6.29 Å². The highest BCUT2D eigenvalue weighted by molar-refractivity contribution is 5.79. The Balaban J connectivity index is 3.34. The minimum absolute atomic E-state index is 0.0238. The molecule has 0 aliphatic carbocycles. The van der Waals surface area contributed by atoms with Crippen LogP contribution in [0.3, 0.4) is 0 Å². The summed E-state index contributed by atoms with van der Waals surface area (Å²) in [5.41, 5.74) is -0.984. The quantitative estimate of drug-likeness (QED) is 0.541. The molecule has 0 saturated carbocycles. The van der Waals surface area contributed by atoms with E-state index in [1.165, 1.54) is 6.07 Å². The zero-order chi connectivity index (χ0) is 12.2. The monoisotopic (exact) mass is 223 g/mol. The predicted molar refractivity (Wildman–Crippen MR) is 49.3 cm³/mol. The highest BCUT2D eigenvalue weighted by Gasteiger charge is 2.30. The Bertz CT molecular complexity index is 515. The Morgan fingerprint density at radius 3 is 2.50 bits per heavy atom. The van der Waals surface area contributed by atoms with Crippen LogP contribution in [0, 0.1) is 23.2 Å². The molecule has 1 rings (SSSR count). The lowest BCUT2D eigenvalue weighted by Crippen LogP contribution is -2.05. The molecule has 80 valence electrons. The molecule has 0 aliphatic rings. The number of halogens is 3. The van der Waals surface area contributed by atoms with Crippen LogP contribution in [0.15, 0.2) is 18.2 Å². The Labute approximate surface area is 89.3 Å². The Morgan fingerprint density at radius 2 is 2.00 bits per heavy atom. The molecular formula is C11H4F3NO. The molecule has 1 aromatic carbocycles. The van der Waals surface area contributed by atoms with Crippen molar-refractivity contribution in [1.29, 1.82) is 5.26 Å². The third kappa shape index (κ3) is 2.61. The summed E-state index contributed by atoms with van der Waals surface area (Å²) in [5, 5.41) is 8.19. The lowest BCUT2D eigenvalue weighted by Gasteiger charge is -2.07. The first-order valence-corrected chi connectivity index (χ1v) is 4.05. The maximum absolute atomic E-state index is 12.3. The average Bonchev–Trinajstić information content (AvgIpc) is 2.24. The average molecular weight is 223 g/mol. The van der Waals surface area contributed by atoms with Crippen LogP contribution in [-0.4, -0.2) is 6.29 Å². The van der Waals surface area contributed by atoms with Gasteiger partial charge in [-0.05, 0) is 24.1 Å². The number of alkyl halides is 3. The molecule has 0 aromatic heterocycles. The molecule has 0 N–H and O–H groups in total. The van der Waals surface area contributed by atoms with Gasteiger partial charge in [0.2, 0.25) is 0 Å². The van der Waals surface area contributed by atoms with Crippen LogP contribution < -0.4 is 0 Å². The van der Waals surface area contributed by atoms with Crippen molar-refractivity contribution < 1.29 is 18.0 Å². The van der Waals surface area contributed by atoms with Gasteiger partial charge in [-0.25, -0.2) is 0 Å². The number of rotatable bonds is 1.